The van der Waals surface area contributed by atoms with Crippen LogP contribution < -0.4 is 24.0 Å². The van der Waals surface area contributed by atoms with Crippen molar-refractivity contribution >= 4 is 0 Å². The Morgan fingerprint density at radius 1 is 0.846 bits per heavy atom. The summed E-state index contributed by atoms with van der Waals surface area (Å²) in [6, 6.07) is 0. The molecule has 0 heterocycles. The maximum Gasteiger partial charge on any atom is 1.00 e. The van der Waals surface area contributed by atoms with Crippen LogP contribution in [0.4, 0.5) is 0 Å². The van der Waals surface area contributed by atoms with Gasteiger partial charge < -0.3 is 5.11 Å². The van der Waals surface area contributed by atoms with E-state index in [0.717, 1.165) is 44.9 Å². The van der Waals surface area contributed by atoms with E-state index in [0.29, 0.717) is 0 Å². The number of rotatable bonds is 7. The van der Waals surface area contributed by atoms with Gasteiger partial charge in [-0.3, -0.25) is 0 Å². The zero-order chi connectivity index (χ0) is 9.45. The molecule has 0 radical (unpaired) electrons. The number of hydrogen-bond donors (Lipinski definition) is 0. The molecule has 0 aliphatic carbocycles. The summed E-state index contributed by atoms with van der Waals surface area (Å²) in [5, 5.41) is 12.1. The Bertz CT molecular complexity index is 98.3. The van der Waals surface area contributed by atoms with E-state index >= 15 is 0 Å². The van der Waals surface area contributed by atoms with Crippen LogP contribution >= 0.6 is 0 Å². The topological polar surface area (TPSA) is 23.1 Å². The van der Waals surface area contributed by atoms with Gasteiger partial charge in [-0.05, 0) is 0 Å². The summed E-state index contributed by atoms with van der Waals surface area (Å²) in [6.07, 6.45) is 6.92. The summed E-state index contributed by atoms with van der Waals surface area (Å²) in [7, 11) is 0. The van der Waals surface area contributed by atoms with Gasteiger partial charge in [0, 0.05) is 0 Å². The first-order chi connectivity index (χ1) is 5.68. The van der Waals surface area contributed by atoms with Crippen molar-refractivity contribution in [3.63, 3.8) is 0 Å². The molecule has 0 aliphatic rings. The van der Waals surface area contributed by atoms with Crippen LogP contribution in [0.15, 0.2) is 0 Å². The largest absolute Gasteiger partial charge is 1.00 e. The van der Waals surface area contributed by atoms with E-state index < -0.39 is 5.60 Å². The van der Waals surface area contributed by atoms with Crippen molar-refractivity contribution in [2.75, 3.05) is 0 Å². The van der Waals surface area contributed by atoms with Crippen LogP contribution in [0.25, 0.3) is 0 Å². The summed E-state index contributed by atoms with van der Waals surface area (Å²) in [5.41, 5.74) is -0.598. The summed E-state index contributed by atoms with van der Waals surface area (Å²) >= 11 is 0. The molecule has 0 spiro atoms. The molecule has 0 atom stereocenters. The first-order valence-electron chi connectivity index (χ1n) is 5.39. The van der Waals surface area contributed by atoms with E-state index in [-0.39, 0.29) is 18.9 Å². The van der Waals surface area contributed by atoms with Crippen LogP contribution in [0.3, 0.4) is 0 Å². The predicted octanol–water partition coefficient (Wildman–Crippen LogP) is -0.120. The van der Waals surface area contributed by atoms with Crippen molar-refractivity contribution in [3.8, 4) is 0 Å². The summed E-state index contributed by atoms with van der Waals surface area (Å²) in [4.78, 5) is 0. The van der Waals surface area contributed by atoms with Crippen LogP contribution in [0.2, 0.25) is 0 Å². The van der Waals surface area contributed by atoms with E-state index in [2.05, 4.69) is 20.8 Å². The van der Waals surface area contributed by atoms with Gasteiger partial charge in [-0.2, -0.15) is 0 Å². The molecule has 1 nitrogen and oxygen atoms in total. The molecule has 13 heavy (non-hydrogen) atoms. The number of unbranched alkanes of at least 4 members (excludes halogenated alkanes) is 1. The van der Waals surface area contributed by atoms with E-state index in [4.69, 9.17) is 0 Å². The Morgan fingerprint density at radius 2 is 1.31 bits per heavy atom. The molecule has 0 amide bonds. The van der Waals surface area contributed by atoms with E-state index in [9.17, 15) is 5.11 Å². The normalized spacial score (nSPS) is 11.1. The fourth-order valence-corrected chi connectivity index (χ4v) is 1.79. The zero-order valence-corrected chi connectivity index (χ0v) is 9.86. The second-order valence-corrected chi connectivity index (χ2v) is 3.79. The smallest absolute Gasteiger partial charge is 0.849 e. The first kappa shape index (κ1) is 16.0. The summed E-state index contributed by atoms with van der Waals surface area (Å²) < 4.78 is 0. The molecule has 0 fully saturated rings. The Labute approximate surface area is 95.5 Å². The summed E-state index contributed by atoms with van der Waals surface area (Å²) in [6.45, 7) is 6.36. The van der Waals surface area contributed by atoms with Crippen LogP contribution in [-0.4, -0.2) is 5.60 Å². The van der Waals surface area contributed by atoms with Gasteiger partial charge in [0.05, 0.1) is 0 Å². The van der Waals surface area contributed by atoms with Crippen LogP contribution in [0.1, 0.15) is 65.7 Å². The average Bonchev–Trinajstić information content (AvgIpc) is 2.02. The average molecular weight is 178 g/mol. The third-order valence-electron chi connectivity index (χ3n) is 2.40. The molecule has 2 heteroatoms. The van der Waals surface area contributed by atoms with Crippen LogP contribution in [0, 0.1) is 0 Å². The molecule has 0 N–H and O–H groups in total. The van der Waals surface area contributed by atoms with Gasteiger partial charge in [0.2, 0.25) is 0 Å². The molecule has 0 rings (SSSR count). The van der Waals surface area contributed by atoms with Gasteiger partial charge in [0.25, 0.3) is 0 Å². The molecule has 0 aliphatic heterocycles. The van der Waals surface area contributed by atoms with E-state index in [1.54, 1.807) is 0 Å². The summed E-state index contributed by atoms with van der Waals surface area (Å²) in [5.74, 6) is 0. The molecule has 74 valence electrons. The zero-order valence-electron chi connectivity index (χ0n) is 9.86. The standard InChI is InChI=1S/C11H23O.Li/c1-4-7-10-11(12,8-5-2)9-6-3;/h4-10H2,1-3H3;/q-1;+1. The van der Waals surface area contributed by atoms with Gasteiger partial charge in [0.1, 0.15) is 0 Å². The van der Waals surface area contributed by atoms with Gasteiger partial charge >= 0.3 is 18.9 Å². The second kappa shape index (κ2) is 9.13. The third-order valence-corrected chi connectivity index (χ3v) is 2.40. The third kappa shape index (κ3) is 7.61. The van der Waals surface area contributed by atoms with Crippen molar-refractivity contribution < 1.29 is 24.0 Å². The molecule has 0 aromatic carbocycles. The van der Waals surface area contributed by atoms with Crippen LogP contribution in [0.5, 0.6) is 0 Å². The van der Waals surface area contributed by atoms with Crippen molar-refractivity contribution in [1.29, 1.82) is 0 Å². The predicted molar refractivity (Wildman–Crippen MR) is 52.1 cm³/mol. The Balaban J connectivity index is 0. The van der Waals surface area contributed by atoms with Crippen LogP contribution in [-0.2, 0) is 0 Å². The number of hydrogen-bond acceptors (Lipinski definition) is 1. The van der Waals surface area contributed by atoms with Gasteiger partial charge in [-0.1, -0.05) is 65.7 Å². The molecule has 0 saturated carbocycles. The van der Waals surface area contributed by atoms with Gasteiger partial charge in [-0.25, -0.2) is 0 Å². The van der Waals surface area contributed by atoms with Gasteiger partial charge in [-0.15, -0.1) is 5.60 Å². The van der Waals surface area contributed by atoms with Crippen molar-refractivity contribution in [2.45, 2.75) is 71.3 Å². The second-order valence-electron chi connectivity index (χ2n) is 3.79. The maximum absolute atomic E-state index is 12.1. The molecule has 0 saturated heterocycles. The SMILES string of the molecule is CCCCC([O-])(CCC)CCC.[Li+]. The maximum atomic E-state index is 12.1. The fraction of sp³-hybridized carbons (Fsp3) is 1.00. The van der Waals surface area contributed by atoms with E-state index in [1.807, 2.05) is 0 Å². The van der Waals surface area contributed by atoms with Crippen molar-refractivity contribution in [1.82, 2.24) is 0 Å². The van der Waals surface area contributed by atoms with Crippen molar-refractivity contribution in [2.24, 2.45) is 0 Å². The van der Waals surface area contributed by atoms with Crippen molar-refractivity contribution in [3.05, 3.63) is 0 Å². The van der Waals surface area contributed by atoms with E-state index in [1.165, 1.54) is 0 Å². The molecule has 0 aromatic rings. The molecule has 0 aromatic heterocycles. The molecular formula is C11H23LiO. The Morgan fingerprint density at radius 3 is 1.62 bits per heavy atom. The Hall–Kier alpha value is 0.557. The fourth-order valence-electron chi connectivity index (χ4n) is 1.79. The Kier molecular flexibility index (Phi) is 11.2. The molecular weight excluding hydrogens is 155 g/mol. The minimum absolute atomic E-state index is 0. The monoisotopic (exact) mass is 178 g/mol. The minimum Gasteiger partial charge on any atom is -0.849 e. The first-order valence-corrected chi connectivity index (χ1v) is 5.39. The molecule has 0 unspecified atom stereocenters. The quantitative estimate of drug-likeness (QED) is 0.498. The minimum atomic E-state index is -0.598. The molecule has 0 bridgehead atoms. The van der Waals surface area contributed by atoms with Gasteiger partial charge in [0.15, 0.2) is 0 Å².